The van der Waals surface area contributed by atoms with E-state index < -0.39 is 0 Å². The van der Waals surface area contributed by atoms with Crippen LogP contribution in [0.1, 0.15) is 48.2 Å². The van der Waals surface area contributed by atoms with Crippen LogP contribution < -0.4 is 10.1 Å². The minimum atomic E-state index is -0.309. The summed E-state index contributed by atoms with van der Waals surface area (Å²) in [5.74, 6) is 0.820. The molecule has 1 aromatic heterocycles. The number of anilines is 1. The van der Waals surface area contributed by atoms with Crippen molar-refractivity contribution in [3.63, 3.8) is 0 Å². The van der Waals surface area contributed by atoms with Gasteiger partial charge in [-0.2, -0.15) is 0 Å². The van der Waals surface area contributed by atoms with Gasteiger partial charge in [0.25, 0.3) is 5.91 Å². The summed E-state index contributed by atoms with van der Waals surface area (Å²) < 4.78 is 11.2. The number of rotatable bonds is 5. The molecular weight excluding hydrogens is 354 g/mol. The number of ether oxygens (including phenoxy) is 1. The number of nitrogens with one attached hydrogen (secondary N) is 1. The molecule has 144 valence electrons. The van der Waals surface area contributed by atoms with Gasteiger partial charge < -0.3 is 9.15 Å². The molecule has 0 saturated heterocycles. The predicted octanol–water partition coefficient (Wildman–Crippen LogP) is 4.65. The average molecular weight is 377 g/mol. The number of aryl methyl sites for hydroxylation is 2. The second-order valence-corrected chi connectivity index (χ2v) is 7.25. The molecule has 1 N–H and O–H groups in total. The molecule has 0 unspecified atom stereocenters. The molecule has 0 radical (unpaired) electrons. The maximum absolute atomic E-state index is 12.4. The molecule has 0 bridgehead atoms. The van der Waals surface area contributed by atoms with E-state index in [2.05, 4.69) is 27.6 Å². The van der Waals surface area contributed by atoms with Gasteiger partial charge in [-0.1, -0.05) is 11.2 Å². The zero-order chi connectivity index (χ0) is 19.5. The summed E-state index contributed by atoms with van der Waals surface area (Å²) in [6.07, 6.45) is 4.75. The number of hydrogen-bond acceptors (Lipinski definition) is 5. The first-order valence-corrected chi connectivity index (χ1v) is 9.62. The van der Waals surface area contributed by atoms with E-state index in [1.807, 2.05) is 19.9 Å². The van der Waals surface area contributed by atoms with Crippen LogP contribution in [0, 0.1) is 0 Å². The van der Waals surface area contributed by atoms with Gasteiger partial charge in [-0.05, 0) is 87.1 Å². The van der Waals surface area contributed by atoms with Crippen molar-refractivity contribution >= 4 is 11.9 Å². The fraction of sp³-hybridized carbons (Fsp3) is 0.318. The molecule has 1 aliphatic rings. The number of benzene rings is 2. The van der Waals surface area contributed by atoms with Crippen molar-refractivity contribution in [3.05, 3.63) is 59.2 Å². The van der Waals surface area contributed by atoms with Crippen LogP contribution in [0.5, 0.6) is 5.75 Å². The van der Waals surface area contributed by atoms with Crippen LogP contribution in [0.2, 0.25) is 0 Å². The number of carbonyl (C=O) groups is 1. The van der Waals surface area contributed by atoms with Crippen LogP contribution in [-0.4, -0.2) is 22.2 Å². The lowest BCUT2D eigenvalue weighted by atomic mass is 9.90. The van der Waals surface area contributed by atoms with Crippen molar-refractivity contribution in [1.29, 1.82) is 0 Å². The average Bonchev–Trinajstić information content (AvgIpc) is 3.16. The fourth-order valence-corrected chi connectivity index (χ4v) is 3.38. The van der Waals surface area contributed by atoms with E-state index in [0.717, 1.165) is 24.2 Å². The van der Waals surface area contributed by atoms with Crippen LogP contribution in [-0.2, 0) is 12.8 Å². The molecule has 28 heavy (non-hydrogen) atoms. The maximum Gasteiger partial charge on any atom is 0.322 e. The summed E-state index contributed by atoms with van der Waals surface area (Å²) in [5, 5.41) is 10.7. The van der Waals surface area contributed by atoms with Crippen LogP contribution in [0.3, 0.4) is 0 Å². The van der Waals surface area contributed by atoms with Crippen LogP contribution >= 0.6 is 0 Å². The van der Waals surface area contributed by atoms with Gasteiger partial charge >= 0.3 is 6.01 Å². The Balaban J connectivity index is 1.45. The Morgan fingerprint density at radius 3 is 2.54 bits per heavy atom. The number of hydrogen-bond donors (Lipinski definition) is 1. The molecule has 0 aliphatic heterocycles. The highest BCUT2D eigenvalue weighted by Crippen LogP contribution is 2.27. The van der Waals surface area contributed by atoms with E-state index in [4.69, 9.17) is 9.15 Å². The molecule has 1 heterocycles. The first-order valence-electron chi connectivity index (χ1n) is 9.62. The Labute approximate surface area is 163 Å². The van der Waals surface area contributed by atoms with E-state index in [1.54, 1.807) is 24.3 Å². The minimum absolute atomic E-state index is 0.0834. The largest absolute Gasteiger partial charge is 0.491 e. The van der Waals surface area contributed by atoms with Crippen molar-refractivity contribution in [2.24, 2.45) is 0 Å². The standard InChI is InChI=1S/C22H23N3O3/c1-14(2)27-19-11-9-16(10-12-19)20(26)23-22-25-24-21(28-22)18-8-7-15-5-3-4-6-17(15)13-18/h7-14H,3-6H2,1-2H3,(H,23,25,26). The third-order valence-electron chi connectivity index (χ3n) is 4.73. The summed E-state index contributed by atoms with van der Waals surface area (Å²) in [4.78, 5) is 12.4. The van der Waals surface area contributed by atoms with Crippen LogP contribution in [0.15, 0.2) is 46.9 Å². The van der Waals surface area contributed by atoms with Gasteiger partial charge in [0.15, 0.2) is 0 Å². The summed E-state index contributed by atoms with van der Waals surface area (Å²) in [6, 6.07) is 13.3. The zero-order valence-electron chi connectivity index (χ0n) is 16.1. The zero-order valence-corrected chi connectivity index (χ0v) is 16.1. The lowest BCUT2D eigenvalue weighted by molar-refractivity contribution is 0.102. The maximum atomic E-state index is 12.4. The second kappa shape index (κ2) is 7.84. The third-order valence-corrected chi connectivity index (χ3v) is 4.73. The first-order chi connectivity index (χ1) is 13.6. The SMILES string of the molecule is CC(C)Oc1ccc(C(=O)Nc2nnc(-c3ccc4c(c3)CCCC4)o2)cc1. The van der Waals surface area contributed by atoms with Gasteiger partial charge in [-0.15, -0.1) is 5.10 Å². The third kappa shape index (κ3) is 4.06. The molecule has 6 nitrogen and oxygen atoms in total. The summed E-state index contributed by atoms with van der Waals surface area (Å²) in [7, 11) is 0. The van der Waals surface area contributed by atoms with Crippen molar-refractivity contribution in [3.8, 4) is 17.2 Å². The lowest BCUT2D eigenvalue weighted by Gasteiger charge is -2.15. The number of fused-ring (bicyclic) bond motifs is 1. The molecule has 2 aromatic carbocycles. The molecule has 0 saturated carbocycles. The summed E-state index contributed by atoms with van der Waals surface area (Å²) >= 11 is 0. The van der Waals surface area contributed by atoms with Gasteiger partial charge in [0, 0.05) is 11.1 Å². The number of amides is 1. The Bertz CT molecular complexity index is 977. The molecule has 0 spiro atoms. The highest BCUT2D eigenvalue weighted by molar-refractivity contribution is 6.03. The topological polar surface area (TPSA) is 77.2 Å². The fourth-order valence-electron chi connectivity index (χ4n) is 3.38. The molecular formula is C22H23N3O3. The van der Waals surface area contributed by atoms with Crippen molar-refractivity contribution in [2.45, 2.75) is 45.6 Å². The Morgan fingerprint density at radius 2 is 1.79 bits per heavy atom. The predicted molar refractivity (Wildman–Crippen MR) is 107 cm³/mol. The van der Waals surface area contributed by atoms with Gasteiger partial charge in [0.1, 0.15) is 5.75 Å². The van der Waals surface area contributed by atoms with Crippen LogP contribution in [0.25, 0.3) is 11.5 Å². The molecule has 0 atom stereocenters. The van der Waals surface area contributed by atoms with Gasteiger partial charge in [0.05, 0.1) is 6.10 Å². The van der Waals surface area contributed by atoms with E-state index in [0.29, 0.717) is 11.5 Å². The summed E-state index contributed by atoms with van der Waals surface area (Å²) in [6.45, 7) is 3.91. The van der Waals surface area contributed by atoms with Crippen molar-refractivity contribution < 1.29 is 13.9 Å². The molecule has 6 heteroatoms. The first kappa shape index (κ1) is 18.2. The summed E-state index contributed by atoms with van der Waals surface area (Å²) in [5.41, 5.74) is 4.11. The number of carbonyl (C=O) groups excluding carboxylic acids is 1. The van der Waals surface area contributed by atoms with Gasteiger partial charge in [0.2, 0.25) is 5.89 Å². The van der Waals surface area contributed by atoms with E-state index in [9.17, 15) is 4.79 Å². The normalized spacial score (nSPS) is 13.2. The molecule has 1 aliphatic carbocycles. The molecule has 4 rings (SSSR count). The smallest absolute Gasteiger partial charge is 0.322 e. The highest BCUT2D eigenvalue weighted by atomic mass is 16.5. The monoisotopic (exact) mass is 377 g/mol. The molecule has 1 amide bonds. The van der Waals surface area contributed by atoms with Gasteiger partial charge in [-0.3, -0.25) is 10.1 Å². The van der Waals surface area contributed by atoms with E-state index in [1.165, 1.54) is 24.0 Å². The van der Waals surface area contributed by atoms with Gasteiger partial charge in [-0.25, -0.2) is 0 Å². The molecule has 0 fully saturated rings. The highest BCUT2D eigenvalue weighted by Gasteiger charge is 2.15. The van der Waals surface area contributed by atoms with Crippen molar-refractivity contribution in [1.82, 2.24) is 10.2 Å². The molecule has 3 aromatic rings. The Morgan fingerprint density at radius 1 is 1.04 bits per heavy atom. The Hall–Kier alpha value is -3.15. The number of aromatic nitrogens is 2. The van der Waals surface area contributed by atoms with E-state index >= 15 is 0 Å². The quantitative estimate of drug-likeness (QED) is 0.700. The second-order valence-electron chi connectivity index (χ2n) is 7.25. The van der Waals surface area contributed by atoms with E-state index in [-0.39, 0.29) is 18.0 Å². The van der Waals surface area contributed by atoms with Crippen molar-refractivity contribution in [2.75, 3.05) is 5.32 Å². The Kier molecular flexibility index (Phi) is 5.10. The lowest BCUT2D eigenvalue weighted by Crippen LogP contribution is -2.12. The minimum Gasteiger partial charge on any atom is -0.491 e. The number of nitrogens with zero attached hydrogens (tertiary/aromatic N) is 2. The van der Waals surface area contributed by atoms with Crippen LogP contribution in [0.4, 0.5) is 6.01 Å².